The number of carbonyl (C=O) groups excluding carboxylic acids is 1. The molecule has 1 aliphatic rings. The summed E-state index contributed by atoms with van der Waals surface area (Å²) in [7, 11) is 0. The van der Waals surface area contributed by atoms with Crippen LogP contribution in [-0.4, -0.2) is 40.8 Å². The second-order valence-corrected chi connectivity index (χ2v) is 6.05. The molecule has 3 nitrogen and oxygen atoms in total. The number of halogens is 3. The number of carbonyl (C=O) groups is 1. The van der Waals surface area contributed by atoms with Gasteiger partial charge in [0.05, 0.1) is 0 Å². The van der Waals surface area contributed by atoms with E-state index >= 15 is 0 Å². The van der Waals surface area contributed by atoms with Crippen LogP contribution in [0.4, 0.5) is 13.2 Å². The Hall–Kier alpha value is -1.82. The molecule has 0 radical (unpaired) electrons. The molecule has 1 N–H and O–H groups in total. The first kappa shape index (κ1) is 17.5. The molecule has 1 atom stereocenters. The van der Waals surface area contributed by atoms with E-state index in [1.807, 2.05) is 32.0 Å². The number of nitrogens with zero attached hydrogens (tertiary/aromatic N) is 1. The van der Waals surface area contributed by atoms with Gasteiger partial charge >= 0.3 is 6.18 Å². The quantitative estimate of drug-likeness (QED) is 0.906. The average Bonchev–Trinajstić information content (AvgIpc) is 2.48. The Kier molecular flexibility index (Phi) is 4.57. The van der Waals surface area contributed by atoms with Gasteiger partial charge in [-0.3, -0.25) is 4.79 Å². The number of alkyl halides is 3. The number of amides is 1. The maximum absolute atomic E-state index is 12.8. The maximum Gasteiger partial charge on any atom is 0.426 e. The van der Waals surface area contributed by atoms with Crippen LogP contribution in [0, 0.1) is 13.8 Å². The zero-order valence-corrected chi connectivity index (χ0v) is 13.4. The highest BCUT2D eigenvalue weighted by molar-refractivity contribution is 5.86. The molecule has 2 rings (SSSR count). The van der Waals surface area contributed by atoms with Crippen molar-refractivity contribution in [2.24, 2.45) is 0 Å². The van der Waals surface area contributed by atoms with Crippen molar-refractivity contribution < 1.29 is 23.1 Å². The third-order valence-electron chi connectivity index (χ3n) is 4.42. The van der Waals surface area contributed by atoms with E-state index in [9.17, 15) is 23.1 Å². The largest absolute Gasteiger partial charge is 0.426 e. The van der Waals surface area contributed by atoms with Crippen LogP contribution in [0.2, 0.25) is 0 Å². The fraction of sp³-hybridized carbons (Fsp3) is 0.471. The van der Waals surface area contributed by atoms with Crippen molar-refractivity contribution in [2.75, 3.05) is 13.1 Å². The van der Waals surface area contributed by atoms with Gasteiger partial charge in [-0.1, -0.05) is 24.3 Å². The maximum atomic E-state index is 12.8. The summed E-state index contributed by atoms with van der Waals surface area (Å²) in [6.07, 6.45) is -2.76. The molecular formula is C17H20F3NO2. The molecular weight excluding hydrogens is 307 g/mol. The van der Waals surface area contributed by atoms with Gasteiger partial charge in [-0.05, 0) is 49.5 Å². The third-order valence-corrected chi connectivity index (χ3v) is 4.42. The lowest BCUT2D eigenvalue weighted by Crippen LogP contribution is -2.56. The van der Waals surface area contributed by atoms with E-state index in [2.05, 4.69) is 0 Å². The van der Waals surface area contributed by atoms with Crippen molar-refractivity contribution >= 4 is 11.5 Å². The van der Waals surface area contributed by atoms with E-state index in [-0.39, 0.29) is 13.1 Å². The van der Waals surface area contributed by atoms with Gasteiger partial charge in [0.15, 0.2) is 0 Å². The van der Waals surface area contributed by atoms with Crippen molar-refractivity contribution in [2.45, 2.75) is 39.0 Å². The van der Waals surface area contributed by atoms with Crippen LogP contribution >= 0.6 is 0 Å². The topological polar surface area (TPSA) is 40.5 Å². The van der Waals surface area contributed by atoms with Crippen LogP contribution in [0.25, 0.3) is 5.57 Å². The smallest absolute Gasteiger partial charge is 0.373 e. The molecule has 0 saturated carbocycles. The Morgan fingerprint density at radius 1 is 1.26 bits per heavy atom. The summed E-state index contributed by atoms with van der Waals surface area (Å²) < 4.78 is 38.3. The first-order chi connectivity index (χ1) is 10.6. The van der Waals surface area contributed by atoms with Crippen LogP contribution in [0.1, 0.15) is 30.0 Å². The number of aryl methyl sites for hydroxylation is 1. The SMILES string of the molecule is Cc1cccc(C2=CCN(C(=O)C(C)(O)C(F)(F)F)CC2)c1C. The van der Waals surface area contributed by atoms with Gasteiger partial charge in [-0.2, -0.15) is 13.2 Å². The first-order valence-electron chi connectivity index (χ1n) is 7.40. The second-order valence-electron chi connectivity index (χ2n) is 6.05. The Bertz CT molecular complexity index is 648. The number of aliphatic hydroxyl groups is 1. The van der Waals surface area contributed by atoms with Gasteiger partial charge in [-0.25, -0.2) is 0 Å². The fourth-order valence-electron chi connectivity index (χ4n) is 2.63. The molecule has 1 aromatic rings. The van der Waals surface area contributed by atoms with Crippen molar-refractivity contribution in [1.29, 1.82) is 0 Å². The number of hydrogen-bond acceptors (Lipinski definition) is 2. The Morgan fingerprint density at radius 3 is 2.43 bits per heavy atom. The molecule has 0 spiro atoms. The highest BCUT2D eigenvalue weighted by atomic mass is 19.4. The molecule has 0 aromatic heterocycles. The molecule has 1 aromatic carbocycles. The lowest BCUT2D eigenvalue weighted by molar-refractivity contribution is -0.250. The summed E-state index contributed by atoms with van der Waals surface area (Å²) in [6.45, 7) is 4.72. The second kappa shape index (κ2) is 6.00. The van der Waals surface area contributed by atoms with Crippen LogP contribution in [0.15, 0.2) is 24.3 Å². The molecule has 0 saturated heterocycles. The molecule has 0 bridgehead atoms. The molecule has 23 heavy (non-hydrogen) atoms. The number of benzene rings is 1. The molecule has 1 aliphatic heterocycles. The molecule has 0 aliphatic carbocycles. The molecule has 1 amide bonds. The summed E-state index contributed by atoms with van der Waals surface area (Å²) in [4.78, 5) is 13.0. The van der Waals surface area contributed by atoms with E-state index in [0.29, 0.717) is 13.3 Å². The van der Waals surface area contributed by atoms with Gasteiger partial charge in [0.1, 0.15) is 0 Å². The Labute approximate surface area is 133 Å². The van der Waals surface area contributed by atoms with E-state index in [4.69, 9.17) is 0 Å². The summed E-state index contributed by atoms with van der Waals surface area (Å²) in [5, 5.41) is 9.50. The van der Waals surface area contributed by atoms with E-state index in [1.165, 1.54) is 0 Å². The monoisotopic (exact) mass is 327 g/mol. The highest BCUT2D eigenvalue weighted by Gasteiger charge is 2.57. The highest BCUT2D eigenvalue weighted by Crippen LogP contribution is 2.33. The zero-order chi connectivity index (χ0) is 17.4. The van der Waals surface area contributed by atoms with Crippen LogP contribution in [0.5, 0.6) is 0 Å². The van der Waals surface area contributed by atoms with Crippen LogP contribution in [0.3, 0.4) is 0 Å². The minimum atomic E-state index is -4.98. The number of hydrogen-bond donors (Lipinski definition) is 1. The van der Waals surface area contributed by atoms with Crippen molar-refractivity contribution in [3.63, 3.8) is 0 Å². The predicted octanol–water partition coefficient (Wildman–Crippen LogP) is 3.23. The minimum absolute atomic E-state index is 0.0633. The fourth-order valence-corrected chi connectivity index (χ4v) is 2.63. The summed E-state index contributed by atoms with van der Waals surface area (Å²) >= 11 is 0. The van der Waals surface area contributed by atoms with E-state index < -0.39 is 17.7 Å². The molecule has 0 fully saturated rings. The van der Waals surface area contributed by atoms with Gasteiger partial charge in [0, 0.05) is 13.1 Å². The first-order valence-corrected chi connectivity index (χ1v) is 7.40. The Morgan fingerprint density at radius 2 is 1.91 bits per heavy atom. The zero-order valence-electron chi connectivity index (χ0n) is 13.4. The van der Waals surface area contributed by atoms with E-state index in [1.54, 1.807) is 6.08 Å². The van der Waals surface area contributed by atoms with Gasteiger partial charge in [-0.15, -0.1) is 0 Å². The van der Waals surface area contributed by atoms with Crippen LogP contribution in [-0.2, 0) is 4.79 Å². The Balaban J connectivity index is 2.18. The van der Waals surface area contributed by atoms with Gasteiger partial charge in [0.25, 0.3) is 5.91 Å². The molecule has 1 unspecified atom stereocenters. The number of rotatable bonds is 2. The van der Waals surface area contributed by atoms with E-state index in [0.717, 1.165) is 27.2 Å². The van der Waals surface area contributed by atoms with Crippen molar-refractivity contribution in [3.05, 3.63) is 41.0 Å². The van der Waals surface area contributed by atoms with Gasteiger partial charge in [0.2, 0.25) is 5.60 Å². The van der Waals surface area contributed by atoms with Crippen molar-refractivity contribution in [3.8, 4) is 0 Å². The van der Waals surface area contributed by atoms with Gasteiger partial charge < -0.3 is 10.0 Å². The normalized spacial score (nSPS) is 18.4. The summed E-state index contributed by atoms with van der Waals surface area (Å²) in [5.74, 6) is -1.30. The third kappa shape index (κ3) is 3.27. The molecule has 126 valence electrons. The predicted molar refractivity (Wildman–Crippen MR) is 81.8 cm³/mol. The molecule has 1 heterocycles. The lowest BCUT2D eigenvalue weighted by atomic mass is 9.92. The molecule has 6 heteroatoms. The van der Waals surface area contributed by atoms with Crippen LogP contribution < -0.4 is 0 Å². The minimum Gasteiger partial charge on any atom is -0.373 e. The summed E-state index contributed by atoms with van der Waals surface area (Å²) in [5.41, 5.74) is 0.988. The lowest BCUT2D eigenvalue weighted by Gasteiger charge is -2.34. The standard InChI is InChI=1S/C17H20F3NO2/c1-11-5-4-6-14(12(11)2)13-7-9-21(10-8-13)15(22)16(3,23)17(18,19)20/h4-7,23H,8-10H2,1-3H3. The van der Waals surface area contributed by atoms with Crippen molar-refractivity contribution in [1.82, 2.24) is 4.90 Å². The summed E-state index contributed by atoms with van der Waals surface area (Å²) in [6, 6.07) is 5.90. The average molecular weight is 327 g/mol.